The highest BCUT2D eigenvalue weighted by Gasteiger charge is 2.02. The minimum Gasteiger partial charge on any atom is -0.466 e. The summed E-state index contributed by atoms with van der Waals surface area (Å²) in [5.41, 5.74) is 1.18. The molecule has 0 heterocycles. The maximum Gasteiger partial charge on any atom is 0.306 e. The Balaban J connectivity index is 2.01. The second-order valence-electron chi connectivity index (χ2n) is 4.31. The van der Waals surface area contributed by atoms with E-state index in [0.29, 0.717) is 13.0 Å². The smallest absolute Gasteiger partial charge is 0.306 e. The number of hydrogen-bond acceptors (Lipinski definition) is 3. The second-order valence-corrected chi connectivity index (χ2v) is 4.31. The van der Waals surface area contributed by atoms with Gasteiger partial charge >= 0.3 is 5.97 Å². The van der Waals surface area contributed by atoms with Crippen LogP contribution < -0.4 is 5.32 Å². The molecule has 1 N–H and O–H groups in total. The predicted molar refractivity (Wildman–Crippen MR) is 73.5 cm³/mol. The summed E-state index contributed by atoms with van der Waals surface area (Å²) in [5.74, 6) is -0.102. The van der Waals surface area contributed by atoms with Crippen LogP contribution in [0.25, 0.3) is 0 Å². The standard InChI is InChI=1S/C15H23NO2/c1-2-11-16-12-6-13-18-15(17)10-9-14-7-4-3-5-8-14/h3-5,7-8,16H,2,6,9-13H2,1H3. The predicted octanol–water partition coefficient (Wildman–Crippen LogP) is 2.55. The van der Waals surface area contributed by atoms with Gasteiger partial charge in [-0.25, -0.2) is 0 Å². The number of rotatable bonds is 9. The van der Waals surface area contributed by atoms with Crippen molar-refractivity contribution < 1.29 is 9.53 Å². The molecule has 0 radical (unpaired) electrons. The van der Waals surface area contributed by atoms with E-state index in [2.05, 4.69) is 12.2 Å². The maximum absolute atomic E-state index is 11.5. The molecule has 0 aliphatic heterocycles. The van der Waals surface area contributed by atoms with Gasteiger partial charge in [0.2, 0.25) is 0 Å². The van der Waals surface area contributed by atoms with E-state index in [-0.39, 0.29) is 5.97 Å². The number of nitrogens with one attached hydrogen (secondary N) is 1. The van der Waals surface area contributed by atoms with Gasteiger partial charge < -0.3 is 10.1 Å². The lowest BCUT2D eigenvalue weighted by molar-refractivity contribution is -0.143. The first kappa shape index (κ1) is 14.7. The molecule has 0 aliphatic carbocycles. The average Bonchev–Trinajstić information content (AvgIpc) is 2.41. The molecule has 0 aromatic heterocycles. The fourth-order valence-corrected chi connectivity index (χ4v) is 1.65. The third kappa shape index (κ3) is 7.07. The Labute approximate surface area is 110 Å². The molecule has 18 heavy (non-hydrogen) atoms. The van der Waals surface area contributed by atoms with Gasteiger partial charge in [-0.3, -0.25) is 4.79 Å². The highest BCUT2D eigenvalue weighted by atomic mass is 16.5. The van der Waals surface area contributed by atoms with Crippen molar-refractivity contribution in [1.29, 1.82) is 0 Å². The Bertz CT molecular complexity index is 325. The molecule has 0 atom stereocenters. The maximum atomic E-state index is 11.5. The zero-order valence-corrected chi connectivity index (χ0v) is 11.2. The molecule has 1 aromatic rings. The molecule has 1 aromatic carbocycles. The van der Waals surface area contributed by atoms with Crippen LogP contribution in [0.1, 0.15) is 31.7 Å². The van der Waals surface area contributed by atoms with Crippen molar-refractivity contribution in [1.82, 2.24) is 5.32 Å². The lowest BCUT2D eigenvalue weighted by Gasteiger charge is -2.05. The average molecular weight is 249 g/mol. The Morgan fingerprint density at radius 2 is 2.00 bits per heavy atom. The van der Waals surface area contributed by atoms with Gasteiger partial charge in [0.1, 0.15) is 0 Å². The van der Waals surface area contributed by atoms with E-state index in [1.165, 1.54) is 5.56 Å². The molecule has 0 saturated heterocycles. The quantitative estimate of drug-likeness (QED) is 0.540. The van der Waals surface area contributed by atoms with E-state index in [1.807, 2.05) is 30.3 Å². The van der Waals surface area contributed by atoms with Gasteiger partial charge in [-0.1, -0.05) is 37.3 Å². The molecule has 3 heteroatoms. The van der Waals surface area contributed by atoms with Crippen LogP contribution in [-0.2, 0) is 16.0 Å². The summed E-state index contributed by atoms with van der Waals surface area (Å²) in [4.78, 5) is 11.5. The molecule has 0 amide bonds. The topological polar surface area (TPSA) is 38.3 Å². The fourth-order valence-electron chi connectivity index (χ4n) is 1.65. The summed E-state index contributed by atoms with van der Waals surface area (Å²) in [6.45, 7) is 4.60. The van der Waals surface area contributed by atoms with Gasteiger partial charge in [-0.15, -0.1) is 0 Å². The number of ether oxygens (including phenoxy) is 1. The van der Waals surface area contributed by atoms with Crippen LogP contribution in [0.15, 0.2) is 30.3 Å². The normalized spacial score (nSPS) is 10.3. The Hall–Kier alpha value is -1.35. The molecule has 0 unspecified atom stereocenters. The van der Waals surface area contributed by atoms with Crippen molar-refractivity contribution in [2.45, 2.75) is 32.6 Å². The van der Waals surface area contributed by atoms with Gasteiger partial charge in [0.05, 0.1) is 6.61 Å². The van der Waals surface area contributed by atoms with Gasteiger partial charge in [0.25, 0.3) is 0 Å². The number of hydrogen-bond donors (Lipinski definition) is 1. The minimum absolute atomic E-state index is 0.102. The monoisotopic (exact) mass is 249 g/mol. The Morgan fingerprint density at radius 1 is 1.22 bits per heavy atom. The van der Waals surface area contributed by atoms with Gasteiger partial charge in [0.15, 0.2) is 0 Å². The number of esters is 1. The number of carbonyl (C=O) groups is 1. The largest absolute Gasteiger partial charge is 0.466 e. The molecular weight excluding hydrogens is 226 g/mol. The highest BCUT2D eigenvalue weighted by molar-refractivity contribution is 5.69. The van der Waals surface area contributed by atoms with Crippen molar-refractivity contribution >= 4 is 5.97 Å². The molecule has 1 rings (SSSR count). The van der Waals surface area contributed by atoms with Crippen molar-refractivity contribution in [3.05, 3.63) is 35.9 Å². The van der Waals surface area contributed by atoms with E-state index in [9.17, 15) is 4.79 Å². The summed E-state index contributed by atoms with van der Waals surface area (Å²) in [6, 6.07) is 10.0. The first-order valence-corrected chi connectivity index (χ1v) is 6.73. The highest BCUT2D eigenvalue weighted by Crippen LogP contribution is 2.03. The van der Waals surface area contributed by atoms with Gasteiger partial charge in [-0.2, -0.15) is 0 Å². The molecule has 0 spiro atoms. The SMILES string of the molecule is CCCNCCCOC(=O)CCc1ccccc1. The van der Waals surface area contributed by atoms with Crippen LogP contribution in [0.4, 0.5) is 0 Å². The van der Waals surface area contributed by atoms with Crippen molar-refractivity contribution in [3.8, 4) is 0 Å². The lowest BCUT2D eigenvalue weighted by atomic mass is 10.1. The van der Waals surface area contributed by atoms with Crippen molar-refractivity contribution in [2.75, 3.05) is 19.7 Å². The van der Waals surface area contributed by atoms with E-state index >= 15 is 0 Å². The van der Waals surface area contributed by atoms with Crippen LogP contribution in [0.5, 0.6) is 0 Å². The number of aryl methyl sites for hydroxylation is 1. The summed E-state index contributed by atoms with van der Waals surface area (Å²) in [7, 11) is 0. The van der Waals surface area contributed by atoms with Crippen molar-refractivity contribution in [3.63, 3.8) is 0 Å². The van der Waals surface area contributed by atoms with Crippen LogP contribution in [0.2, 0.25) is 0 Å². The van der Waals surface area contributed by atoms with Crippen LogP contribution in [0.3, 0.4) is 0 Å². The second kappa shape index (κ2) is 9.66. The molecular formula is C15H23NO2. The fraction of sp³-hybridized carbons (Fsp3) is 0.533. The first-order chi connectivity index (χ1) is 8.83. The van der Waals surface area contributed by atoms with Crippen molar-refractivity contribution in [2.24, 2.45) is 0 Å². The van der Waals surface area contributed by atoms with Crippen LogP contribution in [0, 0.1) is 0 Å². The summed E-state index contributed by atoms with van der Waals surface area (Å²) >= 11 is 0. The Morgan fingerprint density at radius 3 is 2.72 bits per heavy atom. The number of benzene rings is 1. The minimum atomic E-state index is -0.102. The molecule has 100 valence electrons. The van der Waals surface area contributed by atoms with Crippen LogP contribution in [-0.4, -0.2) is 25.7 Å². The third-order valence-electron chi connectivity index (χ3n) is 2.65. The van der Waals surface area contributed by atoms with E-state index in [0.717, 1.165) is 32.4 Å². The van der Waals surface area contributed by atoms with E-state index in [1.54, 1.807) is 0 Å². The van der Waals surface area contributed by atoms with Crippen LogP contribution >= 0.6 is 0 Å². The molecule has 0 saturated carbocycles. The van der Waals surface area contributed by atoms with E-state index in [4.69, 9.17) is 4.74 Å². The zero-order valence-electron chi connectivity index (χ0n) is 11.2. The summed E-state index contributed by atoms with van der Waals surface area (Å²) in [6.07, 6.45) is 3.24. The molecule has 0 fully saturated rings. The third-order valence-corrected chi connectivity index (χ3v) is 2.65. The number of carbonyl (C=O) groups excluding carboxylic acids is 1. The lowest BCUT2D eigenvalue weighted by Crippen LogP contribution is -2.18. The first-order valence-electron chi connectivity index (χ1n) is 6.73. The summed E-state index contributed by atoms with van der Waals surface area (Å²) in [5, 5.41) is 3.28. The summed E-state index contributed by atoms with van der Waals surface area (Å²) < 4.78 is 5.17. The molecule has 0 aliphatic rings. The zero-order chi connectivity index (χ0) is 13.1. The molecule has 3 nitrogen and oxygen atoms in total. The Kier molecular flexibility index (Phi) is 7.89. The van der Waals surface area contributed by atoms with Gasteiger partial charge in [0, 0.05) is 6.42 Å². The van der Waals surface area contributed by atoms with E-state index < -0.39 is 0 Å². The van der Waals surface area contributed by atoms with Gasteiger partial charge in [-0.05, 0) is 37.9 Å². The molecule has 0 bridgehead atoms.